The van der Waals surface area contributed by atoms with E-state index in [0.29, 0.717) is 34.9 Å². The van der Waals surface area contributed by atoms with Crippen molar-refractivity contribution in [1.82, 2.24) is 4.98 Å². The van der Waals surface area contributed by atoms with Gasteiger partial charge in [0.2, 0.25) is 0 Å². The first-order valence-electron chi connectivity index (χ1n) is 12.9. The summed E-state index contributed by atoms with van der Waals surface area (Å²) in [5, 5.41) is 14.4. The van der Waals surface area contributed by atoms with Crippen LogP contribution >= 0.6 is 11.3 Å². The van der Waals surface area contributed by atoms with Crippen LogP contribution in [0.5, 0.6) is 5.75 Å². The Morgan fingerprint density at radius 1 is 1.05 bits per heavy atom. The molecule has 4 aromatic rings. The van der Waals surface area contributed by atoms with E-state index in [2.05, 4.69) is 10.1 Å². The number of carboxylic acids is 1. The molecule has 214 valence electrons. The van der Waals surface area contributed by atoms with E-state index in [9.17, 15) is 23.1 Å². The molecule has 0 bridgehead atoms. The number of hydrogen-bond acceptors (Lipinski definition) is 6. The van der Waals surface area contributed by atoms with Crippen molar-refractivity contribution in [2.24, 2.45) is 5.16 Å². The van der Waals surface area contributed by atoms with Gasteiger partial charge in [-0.25, -0.2) is 9.78 Å². The highest BCUT2D eigenvalue weighted by Gasteiger charge is 2.30. The Morgan fingerprint density at radius 3 is 2.37 bits per heavy atom. The lowest BCUT2D eigenvalue weighted by molar-refractivity contribution is -0.145. The first-order valence-corrected chi connectivity index (χ1v) is 13.7. The van der Waals surface area contributed by atoms with Crippen molar-refractivity contribution < 1.29 is 32.6 Å². The number of thiazole rings is 1. The highest BCUT2D eigenvalue weighted by Crippen LogP contribution is 2.33. The number of carbonyl (C=O) groups is 1. The molecule has 3 aromatic carbocycles. The minimum atomic E-state index is -4.39. The predicted octanol–water partition coefficient (Wildman–Crippen LogP) is 7.85. The second kappa shape index (κ2) is 13.0. The van der Waals surface area contributed by atoms with Crippen molar-refractivity contribution in [2.45, 2.75) is 52.5 Å². The molecule has 1 unspecified atom stereocenters. The fourth-order valence-electron chi connectivity index (χ4n) is 4.08. The molecule has 0 spiro atoms. The van der Waals surface area contributed by atoms with Crippen molar-refractivity contribution >= 4 is 23.0 Å². The highest BCUT2D eigenvalue weighted by molar-refractivity contribution is 7.15. The lowest BCUT2D eigenvalue weighted by atomic mass is 10.0. The Bertz CT molecular complexity index is 1520. The number of hydrogen-bond donors (Lipinski definition) is 1. The number of benzene rings is 3. The molecule has 10 heteroatoms. The Morgan fingerprint density at radius 2 is 1.76 bits per heavy atom. The lowest BCUT2D eigenvalue weighted by Gasteiger charge is -2.16. The molecule has 0 saturated carbocycles. The molecule has 1 aromatic heterocycles. The smallest absolute Gasteiger partial charge is 0.416 e. The molecule has 0 radical (unpaired) electrons. The summed E-state index contributed by atoms with van der Waals surface area (Å²) in [4.78, 5) is 22.5. The molecule has 0 aliphatic heterocycles. The predicted molar refractivity (Wildman–Crippen MR) is 152 cm³/mol. The van der Waals surface area contributed by atoms with E-state index in [0.717, 1.165) is 39.4 Å². The molecule has 0 saturated heterocycles. The first kappa shape index (κ1) is 29.8. The molecule has 1 N–H and O–H groups in total. The van der Waals surface area contributed by atoms with Crippen LogP contribution in [-0.4, -0.2) is 27.9 Å². The summed E-state index contributed by atoms with van der Waals surface area (Å²) in [6, 6.07) is 20.1. The summed E-state index contributed by atoms with van der Waals surface area (Å²) >= 11 is 1.35. The third-order valence-corrected chi connectivity index (χ3v) is 7.54. The molecule has 1 atom stereocenters. The summed E-state index contributed by atoms with van der Waals surface area (Å²) in [6.07, 6.45) is -4.49. The maximum absolute atomic E-state index is 12.9. The summed E-state index contributed by atoms with van der Waals surface area (Å²) < 4.78 is 44.4. The summed E-state index contributed by atoms with van der Waals surface area (Å²) in [7, 11) is 0. The number of oxime groups is 1. The zero-order valence-corrected chi connectivity index (χ0v) is 23.6. The number of aromatic nitrogens is 1. The normalized spacial score (nSPS) is 12.7. The van der Waals surface area contributed by atoms with Gasteiger partial charge in [0.05, 0.1) is 21.8 Å². The molecule has 41 heavy (non-hydrogen) atoms. The second-order valence-electron chi connectivity index (χ2n) is 9.41. The molecule has 1 heterocycles. The topological polar surface area (TPSA) is 81.0 Å². The van der Waals surface area contributed by atoms with E-state index in [1.165, 1.54) is 23.5 Å². The second-order valence-corrected chi connectivity index (χ2v) is 10.5. The van der Waals surface area contributed by atoms with Crippen LogP contribution in [0.1, 0.15) is 46.2 Å². The van der Waals surface area contributed by atoms with Crippen LogP contribution in [0.15, 0.2) is 78.0 Å². The molecule has 0 fully saturated rings. The van der Waals surface area contributed by atoms with Crippen molar-refractivity contribution in [2.75, 3.05) is 0 Å². The minimum absolute atomic E-state index is 0.153. The van der Waals surface area contributed by atoms with Crippen molar-refractivity contribution in [3.63, 3.8) is 0 Å². The molecule has 6 nitrogen and oxygen atoms in total. The average molecular weight is 583 g/mol. The van der Waals surface area contributed by atoms with Crippen LogP contribution in [0, 0.1) is 13.8 Å². The number of nitrogens with zero attached hydrogens (tertiary/aromatic N) is 2. The van der Waals surface area contributed by atoms with E-state index >= 15 is 0 Å². The van der Waals surface area contributed by atoms with Gasteiger partial charge in [-0.1, -0.05) is 66.7 Å². The average Bonchev–Trinajstić information content (AvgIpc) is 3.32. The number of halogens is 3. The molecule has 0 aliphatic rings. The minimum Gasteiger partial charge on any atom is -0.479 e. The van der Waals surface area contributed by atoms with Crippen LogP contribution in [0.2, 0.25) is 0 Å². The third kappa shape index (κ3) is 7.73. The Balaban J connectivity index is 1.50. The SMILES string of the molecule is CCC(Oc1ccc(CC(=NOCc2sc(-c3ccc(C(F)(F)F)cc3)nc2C)c2ccccc2)cc1C)C(=O)O. The van der Waals surface area contributed by atoms with Gasteiger partial charge in [0, 0.05) is 12.0 Å². The van der Waals surface area contributed by atoms with E-state index in [1.54, 1.807) is 13.0 Å². The number of alkyl halides is 3. The third-order valence-electron chi connectivity index (χ3n) is 6.36. The maximum Gasteiger partial charge on any atom is 0.416 e. The van der Waals surface area contributed by atoms with Crippen molar-refractivity contribution in [3.05, 3.63) is 106 Å². The highest BCUT2D eigenvalue weighted by atomic mass is 32.1. The lowest BCUT2D eigenvalue weighted by Crippen LogP contribution is -2.26. The number of ether oxygens (including phenoxy) is 1. The standard InChI is InChI=1S/C31H29F3N2O4S/c1-4-26(30(37)38)40-27-15-10-21(16-19(27)2)17-25(22-8-6-5-7-9-22)36-39-18-28-20(3)35-29(41-28)23-11-13-24(14-12-23)31(32,33)34/h5-16,26H,4,17-18H2,1-3H3,(H,37,38). The molecule has 4 rings (SSSR count). The summed E-state index contributed by atoms with van der Waals surface area (Å²) in [5.74, 6) is -0.490. The molecular formula is C31H29F3N2O4S. The van der Waals surface area contributed by atoms with Gasteiger partial charge < -0.3 is 14.7 Å². The Labute approximate surface area is 240 Å². The zero-order chi connectivity index (χ0) is 29.6. The van der Waals surface area contributed by atoms with Crippen LogP contribution in [0.3, 0.4) is 0 Å². The number of rotatable bonds is 11. The van der Waals surface area contributed by atoms with E-state index < -0.39 is 23.8 Å². The van der Waals surface area contributed by atoms with Gasteiger partial charge in [0.15, 0.2) is 12.7 Å². The van der Waals surface area contributed by atoms with Gasteiger partial charge in [-0.05, 0) is 55.2 Å². The fraction of sp³-hybridized carbons (Fsp3) is 0.258. The summed E-state index contributed by atoms with van der Waals surface area (Å²) in [6.45, 7) is 5.60. The van der Waals surface area contributed by atoms with Crippen LogP contribution in [-0.2, 0) is 28.8 Å². The molecule has 0 amide bonds. The van der Waals surface area contributed by atoms with Gasteiger partial charge in [-0.2, -0.15) is 13.2 Å². The maximum atomic E-state index is 12.9. The van der Waals surface area contributed by atoms with Crippen molar-refractivity contribution in [3.8, 4) is 16.3 Å². The van der Waals surface area contributed by atoms with Crippen LogP contribution < -0.4 is 4.74 Å². The van der Waals surface area contributed by atoms with Crippen LogP contribution in [0.4, 0.5) is 13.2 Å². The van der Waals surface area contributed by atoms with E-state index in [-0.39, 0.29) is 6.61 Å². The van der Waals surface area contributed by atoms with Gasteiger partial charge in [-0.15, -0.1) is 11.3 Å². The van der Waals surface area contributed by atoms with Crippen molar-refractivity contribution in [1.29, 1.82) is 0 Å². The zero-order valence-electron chi connectivity index (χ0n) is 22.7. The quantitative estimate of drug-likeness (QED) is 0.144. The fourth-order valence-corrected chi connectivity index (χ4v) is 5.06. The number of carboxylic acid groups (broad SMARTS) is 1. The van der Waals surface area contributed by atoms with Crippen LogP contribution in [0.25, 0.3) is 10.6 Å². The van der Waals surface area contributed by atoms with E-state index in [4.69, 9.17) is 9.57 Å². The van der Waals surface area contributed by atoms with Gasteiger partial charge in [-0.3, -0.25) is 0 Å². The Kier molecular flexibility index (Phi) is 9.44. The number of aryl methyl sites for hydroxylation is 2. The summed E-state index contributed by atoms with van der Waals surface area (Å²) in [5.41, 5.74) is 3.95. The largest absolute Gasteiger partial charge is 0.479 e. The van der Waals surface area contributed by atoms with Gasteiger partial charge in [0.25, 0.3) is 0 Å². The molecular weight excluding hydrogens is 553 g/mol. The number of aliphatic carboxylic acids is 1. The molecule has 0 aliphatic carbocycles. The Hall–Kier alpha value is -4.18. The van der Waals surface area contributed by atoms with Gasteiger partial charge >= 0.3 is 12.1 Å². The van der Waals surface area contributed by atoms with Gasteiger partial charge in [0.1, 0.15) is 10.8 Å². The monoisotopic (exact) mass is 582 g/mol. The first-order chi connectivity index (χ1) is 19.5. The van der Waals surface area contributed by atoms with E-state index in [1.807, 2.05) is 56.3 Å².